The molecule has 0 saturated carbocycles. The fourth-order valence-electron chi connectivity index (χ4n) is 3.04. The topological polar surface area (TPSA) is 26.0 Å². The Labute approximate surface area is 120 Å². The average molecular weight is 271 g/mol. The second kappa shape index (κ2) is 6.19. The van der Waals surface area contributed by atoms with E-state index in [9.17, 15) is 4.39 Å². The SMILES string of the molecule is Cc1cc(C)c(C(CN)Cc2ccc(F)cc2)c(C)c1. The summed E-state index contributed by atoms with van der Waals surface area (Å²) < 4.78 is 13.0. The lowest BCUT2D eigenvalue weighted by atomic mass is 9.85. The third kappa shape index (κ3) is 3.26. The van der Waals surface area contributed by atoms with Gasteiger partial charge in [0.2, 0.25) is 0 Å². The molecule has 0 saturated heterocycles. The van der Waals surface area contributed by atoms with Gasteiger partial charge >= 0.3 is 0 Å². The molecule has 2 heteroatoms. The smallest absolute Gasteiger partial charge is 0.123 e. The summed E-state index contributed by atoms with van der Waals surface area (Å²) in [6.45, 7) is 6.99. The van der Waals surface area contributed by atoms with Crippen LogP contribution < -0.4 is 5.73 Å². The molecule has 0 aliphatic carbocycles. The number of aryl methyl sites for hydroxylation is 3. The van der Waals surface area contributed by atoms with Gasteiger partial charge in [0.25, 0.3) is 0 Å². The summed E-state index contributed by atoms with van der Waals surface area (Å²) in [6, 6.07) is 11.1. The first-order chi connectivity index (χ1) is 9.51. The molecule has 0 amide bonds. The Morgan fingerprint density at radius 2 is 1.55 bits per heavy atom. The van der Waals surface area contributed by atoms with Crippen molar-refractivity contribution in [3.8, 4) is 0 Å². The Balaban J connectivity index is 2.31. The van der Waals surface area contributed by atoms with E-state index in [1.165, 1.54) is 34.4 Å². The van der Waals surface area contributed by atoms with Crippen LogP contribution in [0, 0.1) is 26.6 Å². The van der Waals surface area contributed by atoms with Crippen molar-refractivity contribution in [1.82, 2.24) is 0 Å². The van der Waals surface area contributed by atoms with Gasteiger partial charge in [0.1, 0.15) is 5.82 Å². The summed E-state index contributed by atoms with van der Waals surface area (Å²) >= 11 is 0. The second-order valence-corrected chi connectivity index (χ2v) is 5.58. The summed E-state index contributed by atoms with van der Waals surface area (Å²) in [5, 5.41) is 0. The molecule has 0 aliphatic rings. The zero-order valence-electron chi connectivity index (χ0n) is 12.4. The van der Waals surface area contributed by atoms with E-state index in [0.29, 0.717) is 6.54 Å². The minimum Gasteiger partial charge on any atom is -0.330 e. The van der Waals surface area contributed by atoms with Gasteiger partial charge in [-0.15, -0.1) is 0 Å². The second-order valence-electron chi connectivity index (χ2n) is 5.58. The van der Waals surface area contributed by atoms with Crippen LogP contribution in [0.2, 0.25) is 0 Å². The van der Waals surface area contributed by atoms with Gasteiger partial charge in [-0.25, -0.2) is 4.39 Å². The van der Waals surface area contributed by atoms with Gasteiger partial charge < -0.3 is 5.73 Å². The predicted octanol–water partition coefficient (Wildman–Crippen LogP) is 4.04. The number of nitrogens with two attached hydrogens (primary N) is 1. The molecule has 2 N–H and O–H groups in total. The maximum Gasteiger partial charge on any atom is 0.123 e. The Bertz CT molecular complexity index is 564. The van der Waals surface area contributed by atoms with Gasteiger partial charge in [-0.1, -0.05) is 29.8 Å². The zero-order chi connectivity index (χ0) is 14.7. The van der Waals surface area contributed by atoms with Crippen LogP contribution >= 0.6 is 0 Å². The van der Waals surface area contributed by atoms with Crippen LogP contribution in [0.5, 0.6) is 0 Å². The van der Waals surface area contributed by atoms with E-state index in [1.54, 1.807) is 0 Å². The van der Waals surface area contributed by atoms with Crippen LogP contribution in [0.3, 0.4) is 0 Å². The molecule has 0 spiro atoms. The summed E-state index contributed by atoms with van der Waals surface area (Å²) in [5.74, 6) is 0.0850. The van der Waals surface area contributed by atoms with Gasteiger partial charge in [-0.2, -0.15) is 0 Å². The molecule has 0 fully saturated rings. The van der Waals surface area contributed by atoms with Crippen molar-refractivity contribution >= 4 is 0 Å². The predicted molar refractivity (Wildman–Crippen MR) is 82.6 cm³/mol. The van der Waals surface area contributed by atoms with Gasteiger partial charge in [-0.05, 0) is 68.1 Å². The summed E-state index contributed by atoms with van der Waals surface area (Å²) in [7, 11) is 0. The molecule has 1 atom stereocenters. The Morgan fingerprint density at radius 3 is 2.05 bits per heavy atom. The highest BCUT2D eigenvalue weighted by Crippen LogP contribution is 2.27. The Hall–Kier alpha value is -1.67. The fraction of sp³-hybridized carbons (Fsp3) is 0.333. The lowest BCUT2D eigenvalue weighted by Gasteiger charge is -2.21. The number of hydrogen-bond acceptors (Lipinski definition) is 1. The quantitative estimate of drug-likeness (QED) is 0.892. The minimum absolute atomic E-state index is 0.194. The van der Waals surface area contributed by atoms with E-state index in [-0.39, 0.29) is 11.7 Å². The third-order valence-electron chi connectivity index (χ3n) is 3.83. The van der Waals surface area contributed by atoms with Crippen LogP contribution in [-0.2, 0) is 6.42 Å². The lowest BCUT2D eigenvalue weighted by molar-refractivity contribution is 0.625. The summed E-state index contributed by atoms with van der Waals surface area (Å²) in [5.41, 5.74) is 12.3. The minimum atomic E-state index is -0.194. The first-order valence-corrected chi connectivity index (χ1v) is 7.03. The van der Waals surface area contributed by atoms with Crippen molar-refractivity contribution in [1.29, 1.82) is 0 Å². The highest BCUT2D eigenvalue weighted by atomic mass is 19.1. The van der Waals surface area contributed by atoms with Crippen molar-refractivity contribution in [2.75, 3.05) is 6.54 Å². The maximum atomic E-state index is 13.0. The fourth-order valence-corrected chi connectivity index (χ4v) is 3.04. The number of hydrogen-bond donors (Lipinski definition) is 1. The van der Waals surface area contributed by atoms with E-state index < -0.39 is 0 Å². The molecule has 2 aromatic carbocycles. The van der Waals surface area contributed by atoms with Crippen LogP contribution in [0.15, 0.2) is 36.4 Å². The number of benzene rings is 2. The first kappa shape index (κ1) is 14.7. The van der Waals surface area contributed by atoms with E-state index in [1.807, 2.05) is 12.1 Å². The molecule has 0 aromatic heterocycles. The van der Waals surface area contributed by atoms with Gasteiger partial charge in [0.05, 0.1) is 0 Å². The molecule has 2 aromatic rings. The van der Waals surface area contributed by atoms with Crippen LogP contribution in [0.25, 0.3) is 0 Å². The molecule has 1 nitrogen and oxygen atoms in total. The molecule has 106 valence electrons. The van der Waals surface area contributed by atoms with E-state index >= 15 is 0 Å². The van der Waals surface area contributed by atoms with Gasteiger partial charge in [0.15, 0.2) is 0 Å². The van der Waals surface area contributed by atoms with Crippen molar-refractivity contribution in [2.24, 2.45) is 5.73 Å². The number of halogens is 1. The van der Waals surface area contributed by atoms with Gasteiger partial charge in [-0.3, -0.25) is 0 Å². The standard InChI is InChI=1S/C18H22FN/c1-12-8-13(2)18(14(3)9-12)16(11-20)10-15-4-6-17(19)7-5-15/h4-9,16H,10-11,20H2,1-3H3. The normalized spacial score (nSPS) is 12.4. The molecule has 2 rings (SSSR count). The van der Waals surface area contributed by atoms with E-state index in [0.717, 1.165) is 12.0 Å². The van der Waals surface area contributed by atoms with E-state index in [2.05, 4.69) is 32.9 Å². The van der Waals surface area contributed by atoms with Crippen LogP contribution in [-0.4, -0.2) is 6.54 Å². The molecular formula is C18H22FN. The average Bonchev–Trinajstić information content (AvgIpc) is 2.38. The lowest BCUT2D eigenvalue weighted by Crippen LogP contribution is -2.17. The van der Waals surface area contributed by atoms with Crippen molar-refractivity contribution in [2.45, 2.75) is 33.1 Å². The molecule has 1 unspecified atom stereocenters. The molecule has 0 heterocycles. The Morgan fingerprint density at radius 1 is 1.00 bits per heavy atom. The molecule has 0 radical (unpaired) electrons. The van der Waals surface area contributed by atoms with Crippen molar-refractivity contribution < 1.29 is 4.39 Å². The third-order valence-corrected chi connectivity index (χ3v) is 3.83. The van der Waals surface area contributed by atoms with E-state index in [4.69, 9.17) is 5.73 Å². The van der Waals surface area contributed by atoms with Crippen LogP contribution in [0.1, 0.15) is 33.7 Å². The van der Waals surface area contributed by atoms with Gasteiger partial charge in [0, 0.05) is 5.92 Å². The molecular weight excluding hydrogens is 249 g/mol. The highest BCUT2D eigenvalue weighted by molar-refractivity contribution is 5.41. The maximum absolute atomic E-state index is 13.0. The molecule has 20 heavy (non-hydrogen) atoms. The first-order valence-electron chi connectivity index (χ1n) is 7.03. The molecule has 0 bridgehead atoms. The van der Waals surface area contributed by atoms with Crippen molar-refractivity contribution in [3.63, 3.8) is 0 Å². The molecule has 0 aliphatic heterocycles. The number of rotatable bonds is 4. The Kier molecular flexibility index (Phi) is 4.56. The van der Waals surface area contributed by atoms with Crippen molar-refractivity contribution in [3.05, 3.63) is 70.0 Å². The summed E-state index contributed by atoms with van der Waals surface area (Å²) in [4.78, 5) is 0. The highest BCUT2D eigenvalue weighted by Gasteiger charge is 2.16. The zero-order valence-corrected chi connectivity index (χ0v) is 12.4. The van der Waals surface area contributed by atoms with Crippen LogP contribution in [0.4, 0.5) is 4.39 Å². The summed E-state index contributed by atoms with van der Waals surface area (Å²) in [6.07, 6.45) is 0.849. The monoisotopic (exact) mass is 271 g/mol. The largest absolute Gasteiger partial charge is 0.330 e.